The van der Waals surface area contributed by atoms with Gasteiger partial charge in [-0.3, -0.25) is 0 Å². The minimum Gasteiger partial charge on any atom is -0.313 e. The van der Waals surface area contributed by atoms with Crippen molar-refractivity contribution in [2.75, 3.05) is 20.1 Å². The van der Waals surface area contributed by atoms with Gasteiger partial charge in [-0.25, -0.2) is 0 Å². The Morgan fingerprint density at radius 1 is 1.16 bits per heavy atom. The van der Waals surface area contributed by atoms with Crippen LogP contribution >= 0.6 is 0 Å². The first kappa shape index (κ1) is 15.3. The zero-order chi connectivity index (χ0) is 13.9. The summed E-state index contributed by atoms with van der Waals surface area (Å²) in [6.45, 7) is 9.58. The van der Waals surface area contributed by atoms with Crippen LogP contribution < -0.4 is 5.32 Å². The average Bonchev–Trinajstić information content (AvgIpc) is 2.84. The van der Waals surface area contributed by atoms with E-state index in [1.807, 2.05) is 0 Å². The van der Waals surface area contributed by atoms with Crippen LogP contribution in [0.15, 0.2) is 0 Å². The SMILES string of the molecule is CCNC1CCC(C)(C)CC1N(C)CC1CCCC1. The lowest BCUT2D eigenvalue weighted by Crippen LogP contribution is -2.54. The summed E-state index contributed by atoms with van der Waals surface area (Å²) in [6.07, 6.45) is 9.93. The first-order chi connectivity index (χ1) is 9.02. The summed E-state index contributed by atoms with van der Waals surface area (Å²) in [4.78, 5) is 2.68. The minimum absolute atomic E-state index is 0.528. The molecule has 0 aromatic heterocycles. The molecule has 2 aliphatic carbocycles. The third-order valence-corrected chi connectivity index (χ3v) is 5.41. The number of likely N-dealkylation sites (N-methyl/N-ethyl adjacent to an activating group) is 2. The zero-order valence-electron chi connectivity index (χ0n) is 13.5. The van der Waals surface area contributed by atoms with Crippen LogP contribution in [0.2, 0.25) is 0 Å². The summed E-state index contributed by atoms with van der Waals surface area (Å²) >= 11 is 0. The van der Waals surface area contributed by atoms with Crippen LogP contribution in [-0.2, 0) is 0 Å². The van der Waals surface area contributed by atoms with Gasteiger partial charge in [-0.2, -0.15) is 0 Å². The van der Waals surface area contributed by atoms with Crippen LogP contribution in [0, 0.1) is 11.3 Å². The molecule has 0 bridgehead atoms. The minimum atomic E-state index is 0.528. The third-order valence-electron chi connectivity index (χ3n) is 5.41. The Kier molecular flexibility index (Phi) is 5.30. The Morgan fingerprint density at radius 2 is 1.84 bits per heavy atom. The van der Waals surface area contributed by atoms with E-state index in [0.717, 1.165) is 18.5 Å². The fourth-order valence-electron chi connectivity index (χ4n) is 4.25. The normalized spacial score (nSPS) is 32.1. The van der Waals surface area contributed by atoms with E-state index >= 15 is 0 Å². The molecule has 1 N–H and O–H groups in total. The predicted molar refractivity (Wildman–Crippen MR) is 83.5 cm³/mol. The lowest BCUT2D eigenvalue weighted by atomic mass is 9.72. The standard InChI is InChI=1S/C17H34N2/c1-5-18-15-10-11-17(2,3)12-16(15)19(4)13-14-8-6-7-9-14/h14-16,18H,5-13H2,1-4H3. The van der Waals surface area contributed by atoms with Gasteiger partial charge in [0.25, 0.3) is 0 Å². The number of hydrogen-bond donors (Lipinski definition) is 1. The highest BCUT2D eigenvalue weighted by Gasteiger charge is 2.37. The molecule has 0 aliphatic heterocycles. The van der Waals surface area contributed by atoms with E-state index in [0.29, 0.717) is 11.5 Å². The van der Waals surface area contributed by atoms with Crippen molar-refractivity contribution in [1.29, 1.82) is 0 Å². The van der Waals surface area contributed by atoms with Crippen LogP contribution in [0.1, 0.15) is 65.7 Å². The number of rotatable bonds is 5. The molecule has 2 unspecified atom stereocenters. The second-order valence-corrected chi connectivity index (χ2v) is 7.73. The monoisotopic (exact) mass is 266 g/mol. The van der Waals surface area contributed by atoms with Gasteiger partial charge in [-0.05, 0) is 57.0 Å². The molecule has 112 valence electrons. The van der Waals surface area contributed by atoms with Gasteiger partial charge in [0.05, 0.1) is 0 Å². The van der Waals surface area contributed by atoms with Gasteiger partial charge in [0.1, 0.15) is 0 Å². The molecule has 0 heterocycles. The molecule has 2 rings (SSSR count). The highest BCUT2D eigenvalue weighted by Crippen LogP contribution is 2.38. The third kappa shape index (κ3) is 4.19. The van der Waals surface area contributed by atoms with Crippen molar-refractivity contribution >= 4 is 0 Å². The second-order valence-electron chi connectivity index (χ2n) is 7.73. The number of hydrogen-bond acceptors (Lipinski definition) is 2. The number of nitrogens with one attached hydrogen (secondary N) is 1. The molecule has 2 aliphatic rings. The van der Waals surface area contributed by atoms with Crippen LogP contribution in [0.3, 0.4) is 0 Å². The summed E-state index contributed by atoms with van der Waals surface area (Å²) in [5, 5.41) is 3.74. The molecule has 0 saturated heterocycles. The van der Waals surface area contributed by atoms with Crippen LogP contribution in [-0.4, -0.2) is 37.1 Å². The molecule has 0 radical (unpaired) electrons. The largest absolute Gasteiger partial charge is 0.313 e. The van der Waals surface area contributed by atoms with Gasteiger partial charge in [0, 0.05) is 18.6 Å². The molecular weight excluding hydrogens is 232 g/mol. The van der Waals surface area contributed by atoms with Gasteiger partial charge < -0.3 is 10.2 Å². The molecular formula is C17H34N2. The maximum Gasteiger partial charge on any atom is 0.0251 e. The quantitative estimate of drug-likeness (QED) is 0.817. The Labute approximate surface area is 120 Å². The molecule has 0 aromatic carbocycles. The van der Waals surface area contributed by atoms with Crippen molar-refractivity contribution in [3.8, 4) is 0 Å². The topological polar surface area (TPSA) is 15.3 Å². The molecule has 2 nitrogen and oxygen atoms in total. The van der Waals surface area contributed by atoms with E-state index in [4.69, 9.17) is 0 Å². The van der Waals surface area contributed by atoms with E-state index in [1.54, 1.807) is 0 Å². The molecule has 2 fully saturated rings. The van der Waals surface area contributed by atoms with Crippen molar-refractivity contribution in [1.82, 2.24) is 10.2 Å². The van der Waals surface area contributed by atoms with Crippen LogP contribution in [0.4, 0.5) is 0 Å². The Balaban J connectivity index is 1.94. The van der Waals surface area contributed by atoms with Gasteiger partial charge in [-0.15, -0.1) is 0 Å². The lowest BCUT2D eigenvalue weighted by Gasteiger charge is -2.45. The van der Waals surface area contributed by atoms with Gasteiger partial charge >= 0.3 is 0 Å². The highest BCUT2D eigenvalue weighted by molar-refractivity contribution is 4.94. The lowest BCUT2D eigenvalue weighted by molar-refractivity contribution is 0.0729. The van der Waals surface area contributed by atoms with Crippen LogP contribution in [0.25, 0.3) is 0 Å². The first-order valence-electron chi connectivity index (χ1n) is 8.45. The summed E-state index contributed by atoms with van der Waals surface area (Å²) in [6, 6.07) is 1.45. The summed E-state index contributed by atoms with van der Waals surface area (Å²) in [5.41, 5.74) is 0.528. The molecule has 0 spiro atoms. The predicted octanol–water partition coefficient (Wildman–Crippen LogP) is 3.67. The Bertz CT molecular complexity index is 268. The van der Waals surface area contributed by atoms with Crippen LogP contribution in [0.5, 0.6) is 0 Å². The smallest absolute Gasteiger partial charge is 0.0251 e. The molecule has 0 aromatic rings. The Morgan fingerprint density at radius 3 is 2.47 bits per heavy atom. The van der Waals surface area contributed by atoms with Gasteiger partial charge in [0.2, 0.25) is 0 Å². The van der Waals surface area contributed by atoms with Gasteiger partial charge in [0.15, 0.2) is 0 Å². The molecule has 2 atom stereocenters. The zero-order valence-corrected chi connectivity index (χ0v) is 13.5. The van der Waals surface area contributed by atoms with Gasteiger partial charge in [-0.1, -0.05) is 33.6 Å². The highest BCUT2D eigenvalue weighted by atomic mass is 15.2. The van der Waals surface area contributed by atoms with Crippen molar-refractivity contribution < 1.29 is 0 Å². The average molecular weight is 266 g/mol. The van der Waals surface area contributed by atoms with E-state index in [1.165, 1.54) is 51.5 Å². The molecule has 2 heteroatoms. The number of nitrogens with zero attached hydrogens (tertiary/aromatic N) is 1. The van der Waals surface area contributed by atoms with Crippen molar-refractivity contribution in [2.45, 2.75) is 77.8 Å². The first-order valence-corrected chi connectivity index (χ1v) is 8.45. The summed E-state index contributed by atoms with van der Waals surface area (Å²) < 4.78 is 0. The van der Waals surface area contributed by atoms with E-state index in [-0.39, 0.29) is 0 Å². The van der Waals surface area contributed by atoms with Crippen molar-refractivity contribution in [3.63, 3.8) is 0 Å². The fraction of sp³-hybridized carbons (Fsp3) is 1.00. The van der Waals surface area contributed by atoms with Crippen molar-refractivity contribution in [2.24, 2.45) is 11.3 Å². The van der Waals surface area contributed by atoms with E-state index in [9.17, 15) is 0 Å². The maximum absolute atomic E-state index is 3.74. The summed E-state index contributed by atoms with van der Waals surface area (Å²) in [7, 11) is 2.37. The molecule has 0 amide bonds. The maximum atomic E-state index is 3.74. The molecule has 19 heavy (non-hydrogen) atoms. The Hall–Kier alpha value is -0.0800. The van der Waals surface area contributed by atoms with Crippen molar-refractivity contribution in [3.05, 3.63) is 0 Å². The second kappa shape index (κ2) is 6.58. The van der Waals surface area contributed by atoms with E-state index in [2.05, 4.69) is 38.0 Å². The molecule has 2 saturated carbocycles. The summed E-state index contributed by atoms with van der Waals surface area (Å²) in [5.74, 6) is 0.970. The van der Waals surface area contributed by atoms with E-state index < -0.39 is 0 Å². The fourth-order valence-corrected chi connectivity index (χ4v) is 4.25.